The average molecular weight is 448 g/mol. The van der Waals surface area contributed by atoms with Crippen molar-refractivity contribution in [3.8, 4) is 0 Å². The van der Waals surface area contributed by atoms with Gasteiger partial charge in [-0.1, -0.05) is 11.6 Å². The molecule has 0 aliphatic carbocycles. The molecule has 0 saturated carbocycles. The SMILES string of the molecule is CC(C)OP1(=S)OC[C@@]2(C(F)F)O[C@@H](N3C=C(Cl)C(=O)CC3=O)[C@H](O)C2O1. The van der Waals surface area contributed by atoms with Crippen LogP contribution in [0.5, 0.6) is 0 Å². The van der Waals surface area contributed by atoms with E-state index in [4.69, 9.17) is 41.7 Å². The lowest BCUT2D eigenvalue weighted by molar-refractivity contribution is -0.209. The summed E-state index contributed by atoms with van der Waals surface area (Å²) in [6.45, 7) is -0.765. The molecule has 2 fully saturated rings. The van der Waals surface area contributed by atoms with Crippen molar-refractivity contribution in [2.75, 3.05) is 6.61 Å². The quantitative estimate of drug-likeness (QED) is 0.513. The number of alkyl halides is 2. The first kappa shape index (κ1) is 21.2. The van der Waals surface area contributed by atoms with Gasteiger partial charge in [-0.3, -0.25) is 19.0 Å². The monoisotopic (exact) mass is 447 g/mol. The number of hydrogen-bond acceptors (Lipinski definition) is 8. The highest BCUT2D eigenvalue weighted by molar-refractivity contribution is 8.07. The predicted molar refractivity (Wildman–Crippen MR) is 91.4 cm³/mol. The van der Waals surface area contributed by atoms with Crippen LogP contribution in [0.4, 0.5) is 8.78 Å². The Hall–Kier alpha value is -0.520. The molecule has 0 radical (unpaired) electrons. The van der Waals surface area contributed by atoms with Gasteiger partial charge in [0.25, 0.3) is 6.43 Å². The number of nitrogens with zero attached hydrogens (tertiary/aromatic N) is 1. The van der Waals surface area contributed by atoms with Crippen LogP contribution >= 0.6 is 18.3 Å². The normalized spacial score (nSPS) is 39.9. The number of aliphatic hydroxyl groups excluding tert-OH is 1. The highest BCUT2D eigenvalue weighted by Gasteiger charge is 2.67. The second-order valence-corrected chi connectivity index (χ2v) is 9.86. The van der Waals surface area contributed by atoms with Gasteiger partial charge in [-0.2, -0.15) is 0 Å². The van der Waals surface area contributed by atoms with Crippen LogP contribution in [0.15, 0.2) is 11.2 Å². The van der Waals surface area contributed by atoms with Crippen LogP contribution in [0.1, 0.15) is 20.3 Å². The summed E-state index contributed by atoms with van der Waals surface area (Å²) in [6.07, 6.45) is -7.99. The fraction of sp³-hybridized carbons (Fsp3) is 0.714. The molecule has 0 aromatic carbocycles. The van der Waals surface area contributed by atoms with Crippen molar-refractivity contribution < 1.29 is 41.8 Å². The molecule has 8 nitrogen and oxygen atoms in total. The van der Waals surface area contributed by atoms with E-state index in [0.29, 0.717) is 0 Å². The van der Waals surface area contributed by atoms with Crippen LogP contribution < -0.4 is 0 Å². The lowest BCUT2D eigenvalue weighted by Gasteiger charge is -2.41. The van der Waals surface area contributed by atoms with Crippen molar-refractivity contribution in [3.63, 3.8) is 0 Å². The number of rotatable bonds is 4. The van der Waals surface area contributed by atoms with Gasteiger partial charge in [0.15, 0.2) is 17.6 Å². The van der Waals surface area contributed by atoms with Crippen LogP contribution in [0.3, 0.4) is 0 Å². The summed E-state index contributed by atoms with van der Waals surface area (Å²) in [4.78, 5) is 24.5. The zero-order valence-electron chi connectivity index (χ0n) is 14.2. The Kier molecular flexibility index (Phi) is 5.80. The van der Waals surface area contributed by atoms with Gasteiger partial charge in [0.05, 0.1) is 19.1 Å². The first-order valence-corrected chi connectivity index (χ1v) is 10.9. The topological polar surface area (TPSA) is 94.5 Å². The molecule has 1 N–H and O–H groups in total. The number of ether oxygens (including phenoxy) is 1. The van der Waals surface area contributed by atoms with E-state index in [0.717, 1.165) is 11.1 Å². The largest absolute Gasteiger partial charge is 0.386 e. The number of Topliss-reactive ketones (excluding diaryl/α,β-unsaturated/α-hetero) is 1. The van der Waals surface area contributed by atoms with Gasteiger partial charge in [-0.25, -0.2) is 8.78 Å². The fourth-order valence-electron chi connectivity index (χ4n) is 2.99. The van der Waals surface area contributed by atoms with E-state index in [1.54, 1.807) is 13.8 Å². The summed E-state index contributed by atoms with van der Waals surface area (Å²) in [5, 5.41) is 10.3. The summed E-state index contributed by atoms with van der Waals surface area (Å²) in [6, 6.07) is 0. The lowest BCUT2D eigenvalue weighted by Crippen LogP contribution is -2.56. The molecule has 0 bridgehead atoms. The molecule has 0 aromatic rings. The molecule has 2 saturated heterocycles. The third-order valence-electron chi connectivity index (χ3n) is 4.22. The van der Waals surface area contributed by atoms with Crippen molar-refractivity contribution in [1.82, 2.24) is 4.90 Å². The van der Waals surface area contributed by atoms with Crippen molar-refractivity contribution in [2.45, 2.75) is 56.8 Å². The van der Waals surface area contributed by atoms with Gasteiger partial charge >= 0.3 is 6.72 Å². The van der Waals surface area contributed by atoms with Gasteiger partial charge in [0.1, 0.15) is 17.2 Å². The minimum atomic E-state index is -3.40. The first-order chi connectivity index (χ1) is 12.5. The van der Waals surface area contributed by atoms with E-state index in [2.05, 4.69) is 0 Å². The number of carbonyl (C=O) groups excluding carboxylic acids is 2. The maximum atomic E-state index is 13.9. The molecule has 2 unspecified atom stereocenters. The van der Waals surface area contributed by atoms with Crippen LogP contribution in [-0.2, 0) is 39.7 Å². The van der Waals surface area contributed by atoms with Gasteiger partial charge in [0, 0.05) is 6.20 Å². The molecule has 152 valence electrons. The molecule has 27 heavy (non-hydrogen) atoms. The third kappa shape index (κ3) is 3.72. The van der Waals surface area contributed by atoms with Crippen LogP contribution in [0, 0.1) is 0 Å². The summed E-state index contributed by atoms with van der Waals surface area (Å²) in [5.41, 5.74) is -2.35. The van der Waals surface area contributed by atoms with Crippen LogP contribution in [0.25, 0.3) is 0 Å². The summed E-state index contributed by atoms with van der Waals surface area (Å²) >= 11 is 10.9. The van der Waals surface area contributed by atoms with Crippen LogP contribution in [-0.4, -0.2) is 64.9 Å². The average Bonchev–Trinajstić information content (AvgIpc) is 2.84. The molecule has 1 amide bonds. The molecular weight excluding hydrogens is 431 g/mol. The van der Waals surface area contributed by atoms with Crippen molar-refractivity contribution in [1.29, 1.82) is 0 Å². The number of fused-ring (bicyclic) bond motifs is 1. The summed E-state index contributed by atoms with van der Waals surface area (Å²) < 4.78 is 49.3. The Morgan fingerprint density at radius 1 is 1.48 bits per heavy atom. The highest BCUT2D eigenvalue weighted by atomic mass is 35.5. The number of aliphatic hydroxyl groups is 1. The highest BCUT2D eigenvalue weighted by Crippen LogP contribution is 2.60. The molecule has 0 spiro atoms. The Morgan fingerprint density at radius 3 is 2.74 bits per heavy atom. The zero-order valence-corrected chi connectivity index (χ0v) is 16.7. The molecule has 3 heterocycles. The third-order valence-corrected chi connectivity index (χ3v) is 6.97. The van der Waals surface area contributed by atoms with Gasteiger partial charge < -0.3 is 18.9 Å². The van der Waals surface area contributed by atoms with E-state index >= 15 is 0 Å². The van der Waals surface area contributed by atoms with Gasteiger partial charge in [-0.05, 0) is 25.7 Å². The predicted octanol–water partition coefficient (Wildman–Crippen LogP) is 1.65. The molecule has 5 atom stereocenters. The maximum Gasteiger partial charge on any atom is 0.328 e. The smallest absolute Gasteiger partial charge is 0.328 e. The first-order valence-electron chi connectivity index (χ1n) is 7.96. The number of ketones is 1. The maximum absolute atomic E-state index is 13.9. The van der Waals surface area contributed by atoms with E-state index in [1.807, 2.05) is 0 Å². The number of amides is 1. The van der Waals surface area contributed by atoms with Crippen LogP contribution in [0.2, 0.25) is 0 Å². The fourth-order valence-corrected chi connectivity index (χ4v) is 5.74. The van der Waals surface area contributed by atoms with Crippen molar-refractivity contribution in [3.05, 3.63) is 11.2 Å². The zero-order chi connectivity index (χ0) is 20.1. The lowest BCUT2D eigenvalue weighted by atomic mass is 9.96. The molecule has 13 heteroatoms. The molecular formula is C14H17ClF2NO7PS. The van der Waals surface area contributed by atoms with Crippen molar-refractivity contribution >= 4 is 41.8 Å². The van der Waals surface area contributed by atoms with E-state index in [-0.39, 0.29) is 5.03 Å². The van der Waals surface area contributed by atoms with Gasteiger partial charge in [-0.15, -0.1) is 0 Å². The van der Waals surface area contributed by atoms with Crippen molar-refractivity contribution in [2.24, 2.45) is 0 Å². The molecule has 3 rings (SSSR count). The summed E-state index contributed by atoms with van der Waals surface area (Å²) in [5.74, 6) is -1.37. The molecule has 0 aromatic heterocycles. The minimum absolute atomic E-state index is 0.281. The Balaban J connectivity index is 1.93. The molecule has 3 aliphatic rings. The second-order valence-electron chi connectivity index (χ2n) is 6.53. The van der Waals surface area contributed by atoms with Gasteiger partial charge in [0.2, 0.25) is 5.91 Å². The Bertz CT molecular complexity index is 738. The number of carbonyl (C=O) groups is 2. The second kappa shape index (κ2) is 7.38. The number of allylic oxidation sites excluding steroid dienone is 1. The summed E-state index contributed by atoms with van der Waals surface area (Å²) in [7, 11) is 0. The van der Waals surface area contributed by atoms with E-state index < -0.39 is 68.0 Å². The van der Waals surface area contributed by atoms with E-state index in [9.17, 15) is 23.5 Å². The Labute approximate surface area is 163 Å². The standard InChI is InChI=1S/C14H17ClF2NO7PS/c1-6(2)24-26(27)22-5-14(13(16)17)11(25-26)10(21)12(23-14)18-4-7(15)8(19)3-9(18)20/h4,6,10-13,21H,3,5H2,1-2H3/t10-,11?,12-,14-,26?/m1/s1. The minimum Gasteiger partial charge on any atom is -0.386 e. The number of halogens is 3. The molecule has 3 aliphatic heterocycles. The van der Waals surface area contributed by atoms with E-state index in [1.165, 1.54) is 0 Å². The number of hydrogen-bond donors (Lipinski definition) is 1. The Morgan fingerprint density at radius 2 is 2.15 bits per heavy atom.